The van der Waals surface area contributed by atoms with Gasteiger partial charge in [0.15, 0.2) is 0 Å². The van der Waals surface area contributed by atoms with E-state index < -0.39 is 7.14 Å². The van der Waals surface area contributed by atoms with Crippen LogP contribution in [0.2, 0.25) is 0 Å². The van der Waals surface area contributed by atoms with E-state index in [0.717, 1.165) is 11.3 Å². The summed E-state index contributed by atoms with van der Waals surface area (Å²) in [6, 6.07) is 5.30. The highest BCUT2D eigenvalue weighted by Crippen LogP contribution is 2.54. The summed E-state index contributed by atoms with van der Waals surface area (Å²) in [6.45, 7) is 3.98. The van der Waals surface area contributed by atoms with Gasteiger partial charge >= 0.3 is 0 Å². The zero-order valence-corrected chi connectivity index (χ0v) is 12.0. The quantitative estimate of drug-likeness (QED) is 0.849. The maximum Gasteiger partial charge on any atom is 0.117 e. The van der Waals surface area contributed by atoms with Crippen molar-refractivity contribution in [3.63, 3.8) is 0 Å². The van der Waals surface area contributed by atoms with Crippen LogP contribution >= 0.6 is 7.14 Å². The largest absolute Gasteiger partial charge is 0.508 e. The zero-order chi connectivity index (χ0) is 13.3. The molecular weight excluding hydrogens is 245 g/mol. The Labute approximate surface area is 108 Å². The van der Waals surface area contributed by atoms with E-state index in [-0.39, 0.29) is 11.5 Å². The molecule has 0 aromatic heterocycles. The van der Waals surface area contributed by atoms with E-state index in [0.29, 0.717) is 12.3 Å². The van der Waals surface area contributed by atoms with Gasteiger partial charge in [0, 0.05) is 31.1 Å². The van der Waals surface area contributed by atoms with E-state index in [1.807, 2.05) is 44.0 Å². The summed E-state index contributed by atoms with van der Waals surface area (Å²) in [5, 5.41) is 9.59. The van der Waals surface area contributed by atoms with E-state index in [9.17, 15) is 9.67 Å². The second kappa shape index (κ2) is 4.81. The molecule has 1 unspecified atom stereocenters. The molecule has 1 aromatic rings. The molecule has 4 heteroatoms. The number of nitrogens with zero attached hydrogens (tertiary/aromatic N) is 1. The van der Waals surface area contributed by atoms with E-state index >= 15 is 0 Å². The van der Waals surface area contributed by atoms with E-state index in [1.165, 1.54) is 0 Å². The van der Waals surface area contributed by atoms with Gasteiger partial charge in [-0.05, 0) is 17.7 Å². The first-order valence-electron chi connectivity index (χ1n) is 6.33. The molecule has 98 valence electrons. The maximum atomic E-state index is 12.9. The number of anilines is 1. The van der Waals surface area contributed by atoms with Crippen LogP contribution in [-0.4, -0.2) is 30.3 Å². The highest BCUT2D eigenvalue weighted by molar-refractivity contribution is 7.64. The lowest BCUT2D eigenvalue weighted by molar-refractivity contribution is 0.475. The Kier molecular flexibility index (Phi) is 3.54. The number of likely N-dealkylation sites (N-methyl/N-ethyl adjacent to an activating group) is 1. The predicted octanol–water partition coefficient (Wildman–Crippen LogP) is 3.58. The summed E-state index contributed by atoms with van der Waals surface area (Å²) in [7, 11) is -0.277. The molecule has 1 aliphatic rings. The minimum Gasteiger partial charge on any atom is -0.508 e. The van der Waals surface area contributed by atoms with Crippen molar-refractivity contribution in [2.24, 2.45) is 0 Å². The monoisotopic (exact) mass is 265 g/mol. The fourth-order valence-electron chi connectivity index (χ4n) is 2.51. The number of phenols is 1. The molecule has 0 amide bonds. The number of phenolic OH excluding ortho intramolecular Hbond substituents is 1. The van der Waals surface area contributed by atoms with Gasteiger partial charge in [0.25, 0.3) is 0 Å². The normalized spacial score (nSPS) is 18.8. The minimum absolute atomic E-state index is 0.0539. The van der Waals surface area contributed by atoms with Crippen molar-refractivity contribution in [1.82, 2.24) is 0 Å². The Bertz CT molecular complexity index is 517. The van der Waals surface area contributed by atoms with Crippen LogP contribution in [0, 0.1) is 0 Å². The van der Waals surface area contributed by atoms with Crippen LogP contribution in [0.3, 0.4) is 0 Å². The number of hydrogen-bond acceptors (Lipinski definition) is 3. The molecule has 1 heterocycles. The first-order valence-corrected chi connectivity index (χ1v) is 8.48. The topological polar surface area (TPSA) is 40.5 Å². The van der Waals surface area contributed by atoms with E-state index in [4.69, 9.17) is 0 Å². The van der Waals surface area contributed by atoms with Gasteiger partial charge in [0.05, 0.1) is 0 Å². The van der Waals surface area contributed by atoms with E-state index in [1.54, 1.807) is 12.1 Å². The van der Waals surface area contributed by atoms with Crippen molar-refractivity contribution in [3.05, 3.63) is 29.8 Å². The third kappa shape index (κ3) is 2.08. The number of fused-ring (bicyclic) bond motifs is 1. The summed E-state index contributed by atoms with van der Waals surface area (Å²) in [5.74, 6) is 0.194. The van der Waals surface area contributed by atoms with Crippen LogP contribution in [-0.2, 0) is 4.57 Å². The van der Waals surface area contributed by atoms with Crippen molar-refractivity contribution in [2.45, 2.75) is 19.6 Å². The van der Waals surface area contributed by atoms with Crippen molar-refractivity contribution >= 4 is 18.9 Å². The molecule has 0 radical (unpaired) electrons. The molecule has 0 spiro atoms. The Hall–Kier alpha value is -1.21. The summed E-state index contributed by atoms with van der Waals surface area (Å²) in [5.41, 5.74) is 2.01. The second-order valence-electron chi connectivity index (χ2n) is 4.71. The predicted molar refractivity (Wildman–Crippen MR) is 78.0 cm³/mol. The van der Waals surface area contributed by atoms with Gasteiger partial charge in [-0.2, -0.15) is 0 Å². The minimum atomic E-state index is -2.23. The van der Waals surface area contributed by atoms with Gasteiger partial charge in [0.2, 0.25) is 0 Å². The molecule has 0 saturated heterocycles. The standard InChI is InChI=1S/C14H20NO2P/c1-4-18(17,5-2)14-9-7-11-6-8-12(16)10-13(11)15(14)3/h6-10,14,16H,4-5H2,1-3H3. The van der Waals surface area contributed by atoms with E-state index in [2.05, 4.69) is 0 Å². The van der Waals surface area contributed by atoms with Crippen LogP contribution in [0.15, 0.2) is 24.3 Å². The van der Waals surface area contributed by atoms with Gasteiger partial charge in [-0.25, -0.2) is 0 Å². The lowest BCUT2D eigenvalue weighted by Gasteiger charge is -2.36. The third-order valence-electron chi connectivity index (χ3n) is 3.79. The molecule has 0 fully saturated rings. The van der Waals surface area contributed by atoms with Crippen LogP contribution in [0.25, 0.3) is 6.08 Å². The fraction of sp³-hybridized carbons (Fsp3) is 0.429. The molecule has 1 N–H and O–H groups in total. The Morgan fingerprint density at radius 1 is 1.33 bits per heavy atom. The lowest BCUT2D eigenvalue weighted by atomic mass is 10.1. The zero-order valence-electron chi connectivity index (χ0n) is 11.1. The van der Waals surface area contributed by atoms with Crippen molar-refractivity contribution in [3.8, 4) is 5.75 Å². The average Bonchev–Trinajstić information content (AvgIpc) is 2.39. The first kappa shape index (κ1) is 13.2. The Morgan fingerprint density at radius 3 is 2.61 bits per heavy atom. The molecule has 1 aliphatic heterocycles. The van der Waals surface area contributed by atoms with Crippen LogP contribution in [0.4, 0.5) is 5.69 Å². The van der Waals surface area contributed by atoms with Crippen LogP contribution in [0.5, 0.6) is 5.75 Å². The molecule has 1 aromatic carbocycles. The Balaban J connectivity index is 2.44. The highest BCUT2D eigenvalue weighted by Gasteiger charge is 2.33. The van der Waals surface area contributed by atoms with Gasteiger partial charge in [0.1, 0.15) is 18.7 Å². The van der Waals surface area contributed by atoms with Gasteiger partial charge in [-0.1, -0.05) is 26.0 Å². The molecule has 1 atom stereocenters. The maximum absolute atomic E-state index is 12.9. The van der Waals surface area contributed by atoms with Gasteiger partial charge in [-0.15, -0.1) is 0 Å². The number of hydrogen-bond donors (Lipinski definition) is 1. The second-order valence-corrected chi connectivity index (χ2v) is 8.41. The Morgan fingerprint density at radius 2 is 2.00 bits per heavy atom. The van der Waals surface area contributed by atoms with Crippen LogP contribution < -0.4 is 4.90 Å². The summed E-state index contributed by atoms with van der Waals surface area (Å²) in [4.78, 5) is 2.03. The highest BCUT2D eigenvalue weighted by atomic mass is 31.2. The SMILES string of the molecule is CCP(=O)(CC)C1C=Cc2ccc(O)cc2N1C. The van der Waals surface area contributed by atoms with Crippen molar-refractivity contribution in [1.29, 1.82) is 0 Å². The first-order chi connectivity index (χ1) is 8.51. The van der Waals surface area contributed by atoms with Gasteiger partial charge < -0.3 is 14.6 Å². The lowest BCUT2D eigenvalue weighted by Crippen LogP contribution is -2.33. The summed E-state index contributed by atoms with van der Waals surface area (Å²) >= 11 is 0. The molecular formula is C14H20NO2P. The molecule has 0 bridgehead atoms. The number of benzene rings is 1. The molecule has 2 rings (SSSR count). The number of rotatable bonds is 3. The fourth-order valence-corrected chi connectivity index (χ4v) is 4.86. The molecule has 18 heavy (non-hydrogen) atoms. The summed E-state index contributed by atoms with van der Waals surface area (Å²) < 4.78 is 12.9. The smallest absolute Gasteiger partial charge is 0.117 e. The third-order valence-corrected chi connectivity index (χ3v) is 7.42. The molecule has 0 aliphatic carbocycles. The summed E-state index contributed by atoms with van der Waals surface area (Å²) in [6.07, 6.45) is 5.46. The average molecular weight is 265 g/mol. The number of aromatic hydroxyl groups is 1. The van der Waals surface area contributed by atoms with Crippen LogP contribution in [0.1, 0.15) is 19.4 Å². The van der Waals surface area contributed by atoms with Crippen molar-refractivity contribution < 1.29 is 9.67 Å². The van der Waals surface area contributed by atoms with Gasteiger partial charge in [-0.3, -0.25) is 0 Å². The molecule has 3 nitrogen and oxygen atoms in total. The molecule has 0 saturated carbocycles. The van der Waals surface area contributed by atoms with Crippen molar-refractivity contribution in [2.75, 3.05) is 24.3 Å².